The normalized spacial score (nSPS) is 21.3. The topological polar surface area (TPSA) is 66.8 Å². The first-order chi connectivity index (χ1) is 8.56. The number of carboxylic acid groups (broad SMARTS) is 1. The second kappa shape index (κ2) is 7.36. The molecule has 104 valence electrons. The van der Waals surface area contributed by atoms with Gasteiger partial charge in [0, 0.05) is 20.1 Å². The van der Waals surface area contributed by atoms with Crippen molar-refractivity contribution >= 4 is 11.9 Å². The van der Waals surface area contributed by atoms with E-state index in [9.17, 15) is 9.59 Å². The Kier molecular flexibility index (Phi) is 6.12. The minimum atomic E-state index is -0.942. The lowest BCUT2D eigenvalue weighted by Gasteiger charge is -2.26. The summed E-state index contributed by atoms with van der Waals surface area (Å²) in [4.78, 5) is 24.2. The van der Waals surface area contributed by atoms with Crippen LogP contribution in [0.25, 0.3) is 0 Å². The van der Waals surface area contributed by atoms with Crippen LogP contribution < -0.4 is 0 Å². The molecule has 1 amide bonds. The number of ether oxygens (including phenoxy) is 1. The molecule has 0 aromatic rings. The van der Waals surface area contributed by atoms with Crippen molar-refractivity contribution in [3.8, 4) is 0 Å². The maximum Gasteiger partial charge on any atom is 0.326 e. The summed E-state index contributed by atoms with van der Waals surface area (Å²) >= 11 is 0. The molecule has 0 aromatic carbocycles. The summed E-state index contributed by atoms with van der Waals surface area (Å²) in [6.45, 7) is 2.55. The molecule has 2 unspecified atom stereocenters. The highest BCUT2D eigenvalue weighted by Crippen LogP contribution is 2.17. The zero-order valence-electron chi connectivity index (χ0n) is 11.2. The summed E-state index contributed by atoms with van der Waals surface area (Å²) in [6.07, 6.45) is 4.92. The second-order valence-electron chi connectivity index (χ2n) is 4.79. The summed E-state index contributed by atoms with van der Waals surface area (Å²) in [6, 6.07) is -0.718. The third-order valence-corrected chi connectivity index (χ3v) is 3.49. The van der Waals surface area contributed by atoms with Gasteiger partial charge < -0.3 is 14.7 Å². The molecule has 1 heterocycles. The Labute approximate surface area is 108 Å². The van der Waals surface area contributed by atoms with E-state index in [0.29, 0.717) is 19.3 Å². The zero-order chi connectivity index (χ0) is 13.5. The largest absolute Gasteiger partial charge is 0.480 e. The average molecular weight is 257 g/mol. The van der Waals surface area contributed by atoms with Gasteiger partial charge in [-0.2, -0.15) is 0 Å². The van der Waals surface area contributed by atoms with E-state index in [4.69, 9.17) is 9.84 Å². The van der Waals surface area contributed by atoms with Crippen LogP contribution in [0.2, 0.25) is 0 Å². The summed E-state index contributed by atoms with van der Waals surface area (Å²) in [7, 11) is 1.56. The maximum atomic E-state index is 11.9. The van der Waals surface area contributed by atoms with E-state index in [1.165, 1.54) is 4.90 Å². The first-order valence-corrected chi connectivity index (χ1v) is 6.66. The van der Waals surface area contributed by atoms with Crippen LogP contribution in [-0.4, -0.2) is 47.7 Å². The molecule has 18 heavy (non-hydrogen) atoms. The van der Waals surface area contributed by atoms with Crippen molar-refractivity contribution in [2.24, 2.45) is 0 Å². The first kappa shape index (κ1) is 15.0. The lowest BCUT2D eigenvalue weighted by Crippen LogP contribution is -2.42. The van der Waals surface area contributed by atoms with Gasteiger partial charge in [-0.15, -0.1) is 0 Å². The number of nitrogens with zero attached hydrogens (tertiary/aromatic N) is 1. The predicted molar refractivity (Wildman–Crippen MR) is 67.3 cm³/mol. The van der Waals surface area contributed by atoms with E-state index in [1.54, 1.807) is 14.0 Å². The van der Waals surface area contributed by atoms with E-state index in [0.717, 1.165) is 25.9 Å². The number of aliphatic carboxylic acids is 1. The number of carbonyl (C=O) groups excluding carboxylic acids is 1. The lowest BCUT2D eigenvalue weighted by atomic mass is 10.0. The number of hydrogen-bond donors (Lipinski definition) is 1. The van der Waals surface area contributed by atoms with Crippen LogP contribution >= 0.6 is 0 Å². The summed E-state index contributed by atoms with van der Waals surface area (Å²) in [5, 5.41) is 8.99. The Bertz CT molecular complexity index is 287. The van der Waals surface area contributed by atoms with Crippen molar-refractivity contribution in [3.05, 3.63) is 0 Å². The standard InChI is InChI=1S/C13H23NO4/c1-3-11(13(16)17)14(2)12(15)8-7-10-6-4-5-9-18-10/h10-11H,3-9H2,1-2H3,(H,16,17). The van der Waals surface area contributed by atoms with Gasteiger partial charge in [-0.25, -0.2) is 4.79 Å². The maximum absolute atomic E-state index is 11.9. The minimum Gasteiger partial charge on any atom is -0.480 e. The van der Waals surface area contributed by atoms with Crippen LogP contribution in [0.4, 0.5) is 0 Å². The monoisotopic (exact) mass is 257 g/mol. The van der Waals surface area contributed by atoms with Crippen molar-refractivity contribution in [2.75, 3.05) is 13.7 Å². The number of carbonyl (C=O) groups is 2. The fraction of sp³-hybridized carbons (Fsp3) is 0.846. The molecule has 1 aliphatic rings. The van der Waals surface area contributed by atoms with E-state index in [2.05, 4.69) is 0 Å². The highest BCUT2D eigenvalue weighted by Gasteiger charge is 2.25. The quantitative estimate of drug-likeness (QED) is 0.785. The molecule has 5 heteroatoms. The van der Waals surface area contributed by atoms with Crippen LogP contribution in [0.1, 0.15) is 45.4 Å². The Morgan fingerprint density at radius 1 is 1.44 bits per heavy atom. The van der Waals surface area contributed by atoms with Crippen LogP contribution in [0.5, 0.6) is 0 Å². The van der Waals surface area contributed by atoms with Crippen molar-refractivity contribution < 1.29 is 19.4 Å². The van der Waals surface area contributed by atoms with E-state index >= 15 is 0 Å². The van der Waals surface area contributed by atoms with Crippen molar-refractivity contribution in [3.63, 3.8) is 0 Å². The molecule has 1 rings (SSSR count). The molecular weight excluding hydrogens is 234 g/mol. The molecule has 0 radical (unpaired) electrons. The molecule has 0 spiro atoms. The molecule has 2 atom stereocenters. The van der Waals surface area contributed by atoms with Gasteiger partial charge in [-0.1, -0.05) is 6.92 Å². The van der Waals surface area contributed by atoms with Gasteiger partial charge in [0.2, 0.25) is 5.91 Å². The Balaban J connectivity index is 2.36. The van der Waals surface area contributed by atoms with Crippen LogP contribution in [-0.2, 0) is 14.3 Å². The van der Waals surface area contributed by atoms with Crippen LogP contribution in [0, 0.1) is 0 Å². The number of rotatable bonds is 6. The minimum absolute atomic E-state index is 0.113. The van der Waals surface area contributed by atoms with Gasteiger partial charge in [0.25, 0.3) is 0 Å². The third kappa shape index (κ3) is 4.29. The van der Waals surface area contributed by atoms with Crippen molar-refractivity contribution in [2.45, 2.75) is 57.6 Å². The average Bonchev–Trinajstić information content (AvgIpc) is 2.37. The molecule has 1 N–H and O–H groups in total. The fourth-order valence-corrected chi connectivity index (χ4v) is 2.28. The Morgan fingerprint density at radius 2 is 2.17 bits per heavy atom. The van der Waals surface area contributed by atoms with Gasteiger partial charge in [0.15, 0.2) is 0 Å². The summed E-state index contributed by atoms with van der Waals surface area (Å²) in [5.41, 5.74) is 0. The number of carboxylic acids is 1. The summed E-state index contributed by atoms with van der Waals surface area (Å²) in [5.74, 6) is -1.05. The fourth-order valence-electron chi connectivity index (χ4n) is 2.28. The number of hydrogen-bond acceptors (Lipinski definition) is 3. The van der Waals surface area contributed by atoms with Crippen LogP contribution in [0.3, 0.4) is 0 Å². The molecular formula is C13H23NO4. The van der Waals surface area contributed by atoms with Gasteiger partial charge in [-0.05, 0) is 32.1 Å². The number of amides is 1. The van der Waals surface area contributed by atoms with Gasteiger partial charge in [-0.3, -0.25) is 4.79 Å². The van der Waals surface area contributed by atoms with E-state index in [-0.39, 0.29) is 12.0 Å². The van der Waals surface area contributed by atoms with Gasteiger partial charge >= 0.3 is 5.97 Å². The van der Waals surface area contributed by atoms with Gasteiger partial charge in [0.1, 0.15) is 6.04 Å². The molecule has 0 aromatic heterocycles. The molecule has 1 fully saturated rings. The van der Waals surface area contributed by atoms with E-state index < -0.39 is 12.0 Å². The molecule has 1 aliphatic heterocycles. The predicted octanol–water partition coefficient (Wildman–Crippen LogP) is 1.66. The van der Waals surface area contributed by atoms with Crippen molar-refractivity contribution in [1.29, 1.82) is 0 Å². The zero-order valence-corrected chi connectivity index (χ0v) is 11.2. The van der Waals surface area contributed by atoms with Crippen molar-refractivity contribution in [1.82, 2.24) is 4.90 Å². The smallest absolute Gasteiger partial charge is 0.326 e. The third-order valence-electron chi connectivity index (χ3n) is 3.49. The second-order valence-corrected chi connectivity index (χ2v) is 4.79. The lowest BCUT2D eigenvalue weighted by molar-refractivity contribution is -0.149. The highest BCUT2D eigenvalue weighted by atomic mass is 16.5. The SMILES string of the molecule is CCC(C(=O)O)N(C)C(=O)CCC1CCCCO1. The summed E-state index contributed by atoms with van der Waals surface area (Å²) < 4.78 is 5.56. The first-order valence-electron chi connectivity index (χ1n) is 6.66. The van der Waals surface area contributed by atoms with Crippen LogP contribution in [0.15, 0.2) is 0 Å². The van der Waals surface area contributed by atoms with E-state index in [1.807, 2.05) is 0 Å². The Hall–Kier alpha value is -1.10. The highest BCUT2D eigenvalue weighted by molar-refractivity contribution is 5.83. The number of likely N-dealkylation sites (N-methyl/N-ethyl adjacent to an activating group) is 1. The molecule has 1 saturated heterocycles. The molecule has 0 bridgehead atoms. The van der Waals surface area contributed by atoms with Gasteiger partial charge in [0.05, 0.1) is 6.10 Å². The Morgan fingerprint density at radius 3 is 2.67 bits per heavy atom. The molecule has 0 aliphatic carbocycles. The molecule has 0 saturated carbocycles. The molecule has 5 nitrogen and oxygen atoms in total.